The van der Waals surface area contributed by atoms with E-state index in [0.717, 1.165) is 71.3 Å². The minimum Gasteiger partial charge on any atom is -0.464 e. The minimum absolute atomic E-state index is 0.145. The molecule has 2 N–H and O–H groups in total. The quantitative estimate of drug-likeness (QED) is 0.210. The Labute approximate surface area is 333 Å². The number of hydrogen-bond donors (Lipinski definition) is 2. The smallest absolute Gasteiger partial charge is 0.324 e. The molecule has 4 fully saturated rings. The number of methoxy groups -OCH3 is 1. The van der Waals surface area contributed by atoms with Crippen LogP contribution in [-0.4, -0.2) is 87.7 Å². The normalized spacial score (nSPS) is 28.4. The van der Waals surface area contributed by atoms with Crippen LogP contribution in [0.1, 0.15) is 102 Å². The molecule has 13 nitrogen and oxygen atoms in total. The van der Waals surface area contributed by atoms with Crippen LogP contribution < -0.4 is 10.7 Å². The van der Waals surface area contributed by atoms with Crippen LogP contribution >= 0.6 is 0 Å². The molecular weight excluding hydrogens is 723 g/mol. The fourth-order valence-electron chi connectivity index (χ4n) is 9.31. The summed E-state index contributed by atoms with van der Waals surface area (Å²) in [6.45, 7) is 12.5. The van der Waals surface area contributed by atoms with Crippen LogP contribution in [0.15, 0.2) is 47.2 Å². The van der Waals surface area contributed by atoms with Gasteiger partial charge in [-0.3, -0.25) is 29.3 Å². The minimum atomic E-state index is -0.989. The number of cyclic esters (lactones) is 1. The molecule has 5 aliphatic rings. The molecule has 302 valence electrons. The highest BCUT2D eigenvalue weighted by Gasteiger charge is 2.51. The number of hydrogen-bond acceptors (Lipinski definition) is 10. The highest BCUT2D eigenvalue weighted by Crippen LogP contribution is 2.49. The number of hydrazine groups is 1. The predicted molar refractivity (Wildman–Crippen MR) is 213 cm³/mol. The molecule has 7 atom stereocenters. The Morgan fingerprint density at radius 2 is 1.86 bits per heavy atom. The van der Waals surface area contributed by atoms with Crippen LogP contribution in [0.25, 0.3) is 33.4 Å². The van der Waals surface area contributed by atoms with Gasteiger partial charge in [0.15, 0.2) is 0 Å². The topological polar surface area (TPSA) is 144 Å². The second kappa shape index (κ2) is 14.7. The highest BCUT2D eigenvalue weighted by atomic mass is 16.5. The van der Waals surface area contributed by atoms with E-state index in [1.807, 2.05) is 19.2 Å². The van der Waals surface area contributed by atoms with Crippen LogP contribution in [0.3, 0.4) is 0 Å². The number of aromatic nitrogens is 3. The van der Waals surface area contributed by atoms with Gasteiger partial charge in [-0.25, -0.2) is 10.4 Å². The van der Waals surface area contributed by atoms with E-state index in [2.05, 4.69) is 72.2 Å². The van der Waals surface area contributed by atoms with Crippen LogP contribution in [-0.2, 0) is 30.3 Å². The van der Waals surface area contributed by atoms with Gasteiger partial charge >= 0.3 is 5.97 Å². The molecule has 2 aliphatic carbocycles. The number of amides is 2. The van der Waals surface area contributed by atoms with Crippen LogP contribution in [0, 0.1) is 23.2 Å². The van der Waals surface area contributed by atoms with E-state index in [0.29, 0.717) is 43.4 Å². The lowest BCUT2D eigenvalue weighted by Gasteiger charge is -2.42. The summed E-state index contributed by atoms with van der Waals surface area (Å²) in [7, 11) is 1.71. The fraction of sp³-hybridized carbons (Fsp3) is 0.568. The number of oxazole rings is 1. The Kier molecular flexibility index (Phi) is 9.76. The molecule has 3 aromatic heterocycles. The summed E-state index contributed by atoms with van der Waals surface area (Å²) in [6, 6.07) is 8.61. The van der Waals surface area contributed by atoms with Gasteiger partial charge in [0.2, 0.25) is 11.8 Å². The molecule has 6 bridgehead atoms. The molecule has 6 heterocycles. The van der Waals surface area contributed by atoms with Gasteiger partial charge < -0.3 is 23.8 Å². The van der Waals surface area contributed by atoms with Crippen molar-refractivity contribution >= 4 is 28.7 Å². The predicted octanol–water partition coefficient (Wildman–Crippen LogP) is 6.16. The number of carbonyl (C=O) groups is 3. The van der Waals surface area contributed by atoms with Crippen LogP contribution in [0.4, 0.5) is 0 Å². The maximum Gasteiger partial charge on any atom is 0.324 e. The lowest BCUT2D eigenvalue weighted by atomic mass is 9.84. The van der Waals surface area contributed by atoms with E-state index >= 15 is 0 Å². The number of rotatable bonds is 7. The lowest BCUT2D eigenvalue weighted by Crippen LogP contribution is -2.63. The zero-order valence-electron chi connectivity index (χ0n) is 33.9. The largest absolute Gasteiger partial charge is 0.464 e. The van der Waals surface area contributed by atoms with Crippen molar-refractivity contribution in [3.8, 4) is 22.5 Å². The van der Waals surface area contributed by atoms with Crippen molar-refractivity contribution in [2.45, 2.75) is 103 Å². The van der Waals surface area contributed by atoms with Gasteiger partial charge in [0.05, 0.1) is 24.1 Å². The summed E-state index contributed by atoms with van der Waals surface area (Å²) in [5, 5.41) is 5.77. The van der Waals surface area contributed by atoms with Gasteiger partial charge in [-0.05, 0) is 87.1 Å². The zero-order valence-corrected chi connectivity index (χ0v) is 33.9. The Hall–Kier alpha value is -4.59. The van der Waals surface area contributed by atoms with Crippen molar-refractivity contribution in [3.63, 3.8) is 0 Å². The van der Waals surface area contributed by atoms with Crippen molar-refractivity contribution in [1.82, 2.24) is 35.2 Å². The number of carbonyl (C=O) groups excluding carboxylic acids is 3. The molecule has 2 amide bonds. The van der Waals surface area contributed by atoms with Gasteiger partial charge in [-0.1, -0.05) is 33.8 Å². The Balaban J connectivity index is 1.21. The molecule has 1 unspecified atom stereocenters. The zero-order chi connectivity index (χ0) is 39.7. The van der Waals surface area contributed by atoms with Crippen LogP contribution in [0.5, 0.6) is 0 Å². The van der Waals surface area contributed by atoms with E-state index in [1.54, 1.807) is 13.4 Å². The summed E-state index contributed by atoms with van der Waals surface area (Å²) < 4.78 is 20.8. The number of fused-ring (bicyclic) bond motifs is 6. The van der Waals surface area contributed by atoms with Crippen molar-refractivity contribution < 1.29 is 28.3 Å². The van der Waals surface area contributed by atoms with Crippen molar-refractivity contribution in [3.05, 3.63) is 59.9 Å². The first-order chi connectivity index (χ1) is 27.4. The molecule has 2 saturated carbocycles. The summed E-state index contributed by atoms with van der Waals surface area (Å²) in [6.07, 6.45) is 8.15. The van der Waals surface area contributed by atoms with E-state index in [-0.39, 0.29) is 42.3 Å². The third-order valence-electron chi connectivity index (χ3n) is 13.2. The van der Waals surface area contributed by atoms with Crippen molar-refractivity contribution in [2.24, 2.45) is 23.2 Å². The van der Waals surface area contributed by atoms with E-state index < -0.39 is 29.5 Å². The van der Waals surface area contributed by atoms with Gasteiger partial charge in [-0.2, -0.15) is 0 Å². The summed E-state index contributed by atoms with van der Waals surface area (Å²) in [5.74, 6) is -0.195. The molecular formula is C44H55N7O6. The molecule has 0 radical (unpaired) electrons. The Morgan fingerprint density at radius 3 is 2.56 bits per heavy atom. The van der Waals surface area contributed by atoms with E-state index in [4.69, 9.17) is 23.9 Å². The molecule has 2 saturated heterocycles. The van der Waals surface area contributed by atoms with Crippen molar-refractivity contribution in [1.29, 1.82) is 0 Å². The number of benzene rings is 1. The number of nitrogens with one attached hydrogen (secondary N) is 2. The molecule has 13 heteroatoms. The second-order valence-electron chi connectivity index (χ2n) is 17.9. The number of ether oxygens (including phenoxy) is 2. The van der Waals surface area contributed by atoms with E-state index in [1.165, 1.54) is 5.01 Å². The monoisotopic (exact) mass is 777 g/mol. The average molecular weight is 778 g/mol. The first kappa shape index (κ1) is 38.0. The Morgan fingerprint density at radius 1 is 1.07 bits per heavy atom. The number of likely N-dealkylation sites (tertiary alicyclic amines) is 1. The van der Waals surface area contributed by atoms with Crippen molar-refractivity contribution in [2.75, 3.05) is 33.4 Å². The summed E-state index contributed by atoms with van der Waals surface area (Å²) in [4.78, 5) is 54.5. The van der Waals surface area contributed by atoms with Crippen LogP contribution in [0.2, 0.25) is 0 Å². The molecule has 9 rings (SSSR count). The third-order valence-corrected chi connectivity index (χ3v) is 13.2. The number of nitrogens with zero attached hydrogens (tertiary/aromatic N) is 5. The van der Waals surface area contributed by atoms with Gasteiger partial charge in [0.1, 0.15) is 30.1 Å². The molecule has 57 heavy (non-hydrogen) atoms. The number of esters is 1. The van der Waals surface area contributed by atoms with Gasteiger partial charge in [-0.15, -0.1) is 0 Å². The average Bonchev–Trinajstić information content (AvgIpc) is 4.04. The fourth-order valence-corrected chi connectivity index (χ4v) is 9.31. The third kappa shape index (κ3) is 6.95. The summed E-state index contributed by atoms with van der Waals surface area (Å²) >= 11 is 0. The highest BCUT2D eigenvalue weighted by molar-refractivity contribution is 5.95. The SMILES string of the molecule is CO[C@@H](C)c1ncccc1-c1c2c3cc(ccc3n1C1CC1)-c1coc(n1)[C@@H](N1CCC1)[C@H](NC(=O)C1[C@@H](C)[C@H]1C)C(=O)N1CCC[C@H](N1)C(=O)OCC(C)(C)C2. The summed E-state index contributed by atoms with van der Waals surface area (Å²) in [5.41, 5.74) is 9.58. The van der Waals surface area contributed by atoms with E-state index in [9.17, 15) is 14.4 Å². The molecule has 0 spiro atoms. The number of pyridine rings is 1. The lowest BCUT2D eigenvalue weighted by molar-refractivity contribution is -0.156. The first-order valence-corrected chi connectivity index (χ1v) is 20.8. The maximum atomic E-state index is 14.7. The molecule has 3 aliphatic heterocycles. The first-order valence-electron chi connectivity index (χ1n) is 20.8. The van der Waals surface area contributed by atoms with Gasteiger partial charge in [0, 0.05) is 72.3 Å². The standard InChI is InChI=1S/C44H55N7O6/c1-24-25(2)35(24)40(52)47-37-39(49-17-9-18-49)41-46-33(22-56-41)27-12-15-34-30(20-27)31(21-44(4,5)23-57-43(54)32-11-8-19-50(48-32)42(37)53)38(51(34)28-13-14-28)29-10-7-16-45-36(29)26(3)55-6/h7,10,12,15-16,20,22,24-26,28,32,35,37,39,48H,8-9,11,13-14,17-19,21,23H2,1-6H3,(H,47,52)/t24-,25+,26-,32-,35?,37-,39-/m0/s1. The molecule has 1 aromatic carbocycles. The second-order valence-corrected chi connectivity index (χ2v) is 17.9. The Bertz CT molecular complexity index is 2200. The molecule has 4 aromatic rings. The maximum absolute atomic E-state index is 14.7. The van der Waals surface area contributed by atoms with Gasteiger partial charge in [0.25, 0.3) is 5.91 Å².